The maximum absolute atomic E-state index is 12.9. The molecule has 1 aliphatic heterocycles. The summed E-state index contributed by atoms with van der Waals surface area (Å²) in [6.07, 6.45) is -0.252. The summed E-state index contributed by atoms with van der Waals surface area (Å²) >= 11 is 1.55. The lowest BCUT2D eigenvalue weighted by Gasteiger charge is -2.34. The summed E-state index contributed by atoms with van der Waals surface area (Å²) in [5, 5.41) is 10.4. The zero-order chi connectivity index (χ0) is 19.5. The number of benzene rings is 1. The summed E-state index contributed by atoms with van der Waals surface area (Å²) in [6.45, 7) is 0.152. The first-order chi connectivity index (χ1) is 13.7. The van der Waals surface area contributed by atoms with Gasteiger partial charge in [0.25, 0.3) is 5.91 Å². The van der Waals surface area contributed by atoms with Gasteiger partial charge in [-0.2, -0.15) is 16.3 Å². The van der Waals surface area contributed by atoms with Crippen LogP contribution in [0.25, 0.3) is 11.4 Å². The van der Waals surface area contributed by atoms with Crippen LogP contribution in [-0.4, -0.2) is 41.7 Å². The Balaban J connectivity index is 1.47. The summed E-state index contributed by atoms with van der Waals surface area (Å²) in [6, 6.07) is 9.09. The second-order valence-electron chi connectivity index (χ2n) is 6.22. The molecule has 0 spiro atoms. The van der Waals surface area contributed by atoms with Crippen LogP contribution in [0.2, 0.25) is 0 Å². The number of fused-ring (bicyclic) bond motifs is 1. The van der Waals surface area contributed by atoms with Crippen molar-refractivity contribution in [3.8, 4) is 17.1 Å². The maximum Gasteiger partial charge on any atom is 0.262 e. The van der Waals surface area contributed by atoms with Gasteiger partial charge in [0.15, 0.2) is 6.10 Å². The summed E-state index contributed by atoms with van der Waals surface area (Å²) in [7, 11) is 1.54. The minimum atomic E-state index is -0.752. The van der Waals surface area contributed by atoms with Gasteiger partial charge in [-0.15, -0.1) is 0 Å². The van der Waals surface area contributed by atoms with Gasteiger partial charge in [-0.1, -0.05) is 17.3 Å². The van der Waals surface area contributed by atoms with E-state index >= 15 is 0 Å². The highest BCUT2D eigenvalue weighted by Gasteiger charge is 2.33. The van der Waals surface area contributed by atoms with Gasteiger partial charge in [-0.3, -0.25) is 9.59 Å². The minimum absolute atomic E-state index is 0.139. The molecule has 8 nitrogen and oxygen atoms in total. The molecule has 0 radical (unpaired) electrons. The number of rotatable bonds is 5. The molecule has 1 aliphatic rings. The van der Waals surface area contributed by atoms with E-state index in [4.69, 9.17) is 9.26 Å². The number of amides is 2. The van der Waals surface area contributed by atoms with Gasteiger partial charge in [0.05, 0.1) is 12.2 Å². The second-order valence-corrected chi connectivity index (χ2v) is 7.00. The number of para-hydroxylation sites is 2. The molecule has 1 aromatic carbocycles. The number of carbonyl (C=O) groups is 2. The van der Waals surface area contributed by atoms with E-state index in [9.17, 15) is 9.59 Å². The van der Waals surface area contributed by atoms with Crippen molar-refractivity contribution in [1.29, 1.82) is 0 Å². The second kappa shape index (κ2) is 7.81. The summed E-state index contributed by atoms with van der Waals surface area (Å²) in [4.78, 5) is 30.8. The van der Waals surface area contributed by atoms with E-state index in [-0.39, 0.29) is 24.8 Å². The highest BCUT2D eigenvalue weighted by atomic mass is 32.1. The van der Waals surface area contributed by atoms with E-state index in [2.05, 4.69) is 15.5 Å². The molecule has 9 heteroatoms. The third-order valence-corrected chi connectivity index (χ3v) is 5.10. The average molecular weight is 398 g/mol. The predicted octanol–water partition coefficient (Wildman–Crippen LogP) is 2.27. The van der Waals surface area contributed by atoms with Gasteiger partial charge in [0, 0.05) is 30.8 Å². The molecule has 2 amide bonds. The molecule has 28 heavy (non-hydrogen) atoms. The minimum Gasteiger partial charge on any atom is -0.477 e. The number of aromatic nitrogens is 2. The number of carbonyl (C=O) groups excluding carboxylic acids is 2. The number of aryl methyl sites for hydroxylation is 1. The van der Waals surface area contributed by atoms with Crippen molar-refractivity contribution in [3.05, 3.63) is 47.0 Å². The topological polar surface area (TPSA) is 97.6 Å². The van der Waals surface area contributed by atoms with E-state index < -0.39 is 6.10 Å². The molecule has 2 aromatic heterocycles. The Bertz CT molecular complexity index is 986. The Morgan fingerprint density at radius 2 is 2.18 bits per heavy atom. The number of ether oxygens (including phenoxy) is 1. The Morgan fingerprint density at radius 3 is 2.96 bits per heavy atom. The van der Waals surface area contributed by atoms with Gasteiger partial charge in [0.2, 0.25) is 17.6 Å². The molecular weight excluding hydrogens is 380 g/mol. The van der Waals surface area contributed by atoms with Crippen molar-refractivity contribution in [1.82, 2.24) is 15.5 Å². The standard InChI is InChI=1S/C19H18N4O4S/c1-20-19(25)15-10-23(13-4-2-3-5-14(13)26-15)17(24)7-6-16-21-18(22-27-16)12-8-9-28-11-12/h2-5,8-9,11,15H,6-7,10H2,1H3,(H,20,25)/t15-/m1/s1. The third kappa shape index (κ3) is 3.61. The average Bonchev–Trinajstić information content (AvgIpc) is 3.42. The molecule has 0 unspecified atom stereocenters. The number of likely N-dealkylation sites (N-methyl/N-ethyl adjacent to an activating group) is 1. The Morgan fingerprint density at radius 1 is 1.32 bits per heavy atom. The number of thiophene rings is 1. The highest BCUT2D eigenvalue weighted by molar-refractivity contribution is 7.08. The monoisotopic (exact) mass is 398 g/mol. The van der Waals surface area contributed by atoms with Crippen LogP contribution in [0.15, 0.2) is 45.6 Å². The van der Waals surface area contributed by atoms with E-state index in [1.165, 1.54) is 0 Å². The third-order valence-electron chi connectivity index (χ3n) is 4.41. The van der Waals surface area contributed by atoms with Gasteiger partial charge in [0.1, 0.15) is 5.75 Å². The molecule has 4 rings (SSSR count). The molecule has 0 aliphatic carbocycles. The van der Waals surface area contributed by atoms with Crippen LogP contribution in [0.5, 0.6) is 5.75 Å². The Hall–Kier alpha value is -3.20. The normalized spacial score (nSPS) is 15.6. The van der Waals surface area contributed by atoms with Crippen molar-refractivity contribution < 1.29 is 18.8 Å². The first-order valence-corrected chi connectivity index (χ1v) is 9.73. The highest BCUT2D eigenvalue weighted by Crippen LogP contribution is 2.33. The lowest BCUT2D eigenvalue weighted by molar-refractivity contribution is -0.127. The first-order valence-electron chi connectivity index (χ1n) is 8.78. The van der Waals surface area contributed by atoms with Crippen LogP contribution in [0.3, 0.4) is 0 Å². The zero-order valence-electron chi connectivity index (χ0n) is 15.1. The number of anilines is 1. The van der Waals surface area contributed by atoms with Crippen LogP contribution >= 0.6 is 11.3 Å². The smallest absolute Gasteiger partial charge is 0.262 e. The lowest BCUT2D eigenvalue weighted by atomic mass is 10.1. The number of nitrogens with zero attached hydrogens (tertiary/aromatic N) is 3. The number of nitrogens with one attached hydrogen (secondary N) is 1. The van der Waals surface area contributed by atoms with Crippen LogP contribution in [0, 0.1) is 0 Å². The fraction of sp³-hybridized carbons (Fsp3) is 0.263. The maximum atomic E-state index is 12.9. The summed E-state index contributed by atoms with van der Waals surface area (Å²) < 4.78 is 11.0. The van der Waals surface area contributed by atoms with Gasteiger partial charge >= 0.3 is 0 Å². The number of hydrogen-bond acceptors (Lipinski definition) is 7. The van der Waals surface area contributed by atoms with Crippen LogP contribution in [-0.2, 0) is 16.0 Å². The van der Waals surface area contributed by atoms with Crippen molar-refractivity contribution in [2.75, 3.05) is 18.5 Å². The molecule has 3 aromatic rings. The van der Waals surface area contributed by atoms with Crippen LogP contribution in [0.1, 0.15) is 12.3 Å². The van der Waals surface area contributed by atoms with Crippen LogP contribution in [0.4, 0.5) is 5.69 Å². The first kappa shape index (κ1) is 18.2. The van der Waals surface area contributed by atoms with Gasteiger partial charge in [-0.25, -0.2) is 0 Å². The lowest BCUT2D eigenvalue weighted by Crippen LogP contribution is -2.50. The van der Waals surface area contributed by atoms with Crippen molar-refractivity contribution in [3.63, 3.8) is 0 Å². The van der Waals surface area contributed by atoms with E-state index in [1.807, 2.05) is 22.9 Å². The molecule has 0 saturated carbocycles. The Kier molecular flexibility index (Phi) is 5.07. The van der Waals surface area contributed by atoms with Crippen molar-refractivity contribution in [2.24, 2.45) is 0 Å². The number of hydrogen-bond donors (Lipinski definition) is 1. The molecule has 1 N–H and O–H groups in total. The van der Waals surface area contributed by atoms with E-state index in [0.717, 1.165) is 5.56 Å². The van der Waals surface area contributed by atoms with E-state index in [0.29, 0.717) is 29.6 Å². The predicted molar refractivity (Wildman–Crippen MR) is 103 cm³/mol. The molecule has 0 saturated heterocycles. The van der Waals surface area contributed by atoms with Gasteiger partial charge < -0.3 is 19.5 Å². The fourth-order valence-electron chi connectivity index (χ4n) is 2.98. The molecule has 0 bridgehead atoms. The van der Waals surface area contributed by atoms with Gasteiger partial charge in [-0.05, 0) is 23.6 Å². The van der Waals surface area contributed by atoms with E-state index in [1.54, 1.807) is 41.5 Å². The summed E-state index contributed by atoms with van der Waals surface area (Å²) in [5.41, 5.74) is 1.54. The molecule has 1 atom stereocenters. The molecule has 3 heterocycles. The molecule has 0 fully saturated rings. The van der Waals surface area contributed by atoms with Crippen LogP contribution < -0.4 is 15.0 Å². The SMILES string of the molecule is CNC(=O)[C@H]1CN(C(=O)CCc2nc(-c3ccsc3)no2)c2ccccc2O1. The largest absolute Gasteiger partial charge is 0.477 e. The van der Waals surface area contributed by atoms with Crippen molar-refractivity contribution in [2.45, 2.75) is 18.9 Å². The summed E-state index contributed by atoms with van der Waals surface area (Å²) in [5.74, 6) is 1.01. The quantitative estimate of drug-likeness (QED) is 0.708. The van der Waals surface area contributed by atoms with Crippen molar-refractivity contribution >= 4 is 28.8 Å². The Labute approximate surface area is 165 Å². The fourth-order valence-corrected chi connectivity index (χ4v) is 3.62. The zero-order valence-corrected chi connectivity index (χ0v) is 15.9. The molecule has 144 valence electrons. The molecular formula is C19H18N4O4S.